The molecule has 1 heterocycles. The molecule has 0 aromatic heterocycles. The van der Waals surface area contributed by atoms with Gasteiger partial charge in [-0.3, -0.25) is 9.59 Å². The lowest BCUT2D eigenvalue weighted by atomic mass is 9.94. The summed E-state index contributed by atoms with van der Waals surface area (Å²) >= 11 is 0. The molecule has 1 aliphatic rings. The molecule has 2 aromatic rings. The number of Topliss-reactive ketones (excluding diaryl/α,β-unsaturated/α-hetero) is 1. The zero-order chi connectivity index (χ0) is 26.6. The van der Waals surface area contributed by atoms with Crippen LogP contribution in [0.5, 0.6) is 23.0 Å². The average Bonchev–Trinajstić information content (AvgIpc) is 3.10. The number of methoxy groups -OCH3 is 3. The maximum Gasteiger partial charge on any atom is 0.295 e. The Labute approximate surface area is 211 Å². The average molecular weight is 499 g/mol. The SMILES string of the molecule is COc1cc(C2/C(=C(/O)c3ccc(OC(C)C)cc3)C(=O)C(=O)N2CCN(C)C)cc(OC)c1OC. The fourth-order valence-electron chi connectivity index (χ4n) is 4.14. The number of nitrogens with zero attached hydrogens (tertiary/aromatic N) is 2. The minimum absolute atomic E-state index is 0.00787. The number of hydrogen-bond donors (Lipinski definition) is 1. The third-order valence-corrected chi connectivity index (χ3v) is 5.83. The number of likely N-dealkylation sites (N-methyl/N-ethyl adjacent to an activating group) is 1. The Hall–Kier alpha value is -3.72. The predicted octanol–water partition coefficient (Wildman–Crippen LogP) is 3.48. The lowest BCUT2D eigenvalue weighted by molar-refractivity contribution is -0.140. The summed E-state index contributed by atoms with van der Waals surface area (Å²) in [5, 5.41) is 11.3. The second-order valence-corrected chi connectivity index (χ2v) is 8.95. The van der Waals surface area contributed by atoms with Gasteiger partial charge in [0.2, 0.25) is 5.75 Å². The van der Waals surface area contributed by atoms with Crippen molar-refractivity contribution in [1.29, 1.82) is 0 Å². The highest BCUT2D eigenvalue weighted by Crippen LogP contribution is 2.45. The first-order valence-electron chi connectivity index (χ1n) is 11.6. The monoisotopic (exact) mass is 498 g/mol. The zero-order valence-electron chi connectivity index (χ0n) is 21.8. The van der Waals surface area contributed by atoms with Crippen molar-refractivity contribution in [3.63, 3.8) is 0 Å². The topological polar surface area (TPSA) is 97.8 Å². The van der Waals surface area contributed by atoms with Gasteiger partial charge < -0.3 is 33.9 Å². The van der Waals surface area contributed by atoms with Crippen molar-refractivity contribution in [2.45, 2.75) is 26.0 Å². The third-order valence-electron chi connectivity index (χ3n) is 5.83. The highest BCUT2D eigenvalue weighted by Gasteiger charge is 2.46. The fraction of sp³-hybridized carbons (Fsp3) is 0.407. The Morgan fingerprint density at radius 3 is 2.06 bits per heavy atom. The molecule has 1 saturated heterocycles. The first-order chi connectivity index (χ1) is 17.1. The van der Waals surface area contributed by atoms with E-state index in [0.717, 1.165) is 0 Å². The molecule has 0 spiro atoms. The number of amides is 1. The molecule has 1 amide bonds. The van der Waals surface area contributed by atoms with E-state index in [-0.39, 0.29) is 24.0 Å². The molecular weight excluding hydrogens is 464 g/mol. The molecule has 1 fully saturated rings. The number of carbonyl (C=O) groups excluding carboxylic acids is 2. The third kappa shape index (κ3) is 5.41. The molecule has 0 aliphatic carbocycles. The number of aliphatic hydroxyl groups excluding tert-OH is 1. The smallest absolute Gasteiger partial charge is 0.295 e. The van der Waals surface area contributed by atoms with Gasteiger partial charge in [-0.2, -0.15) is 0 Å². The molecule has 9 nitrogen and oxygen atoms in total. The number of benzene rings is 2. The van der Waals surface area contributed by atoms with E-state index in [9.17, 15) is 14.7 Å². The highest BCUT2D eigenvalue weighted by atomic mass is 16.5. The van der Waals surface area contributed by atoms with Crippen LogP contribution in [0, 0.1) is 0 Å². The maximum absolute atomic E-state index is 13.3. The summed E-state index contributed by atoms with van der Waals surface area (Å²) in [6.45, 7) is 4.63. The van der Waals surface area contributed by atoms with Crippen LogP contribution in [0.2, 0.25) is 0 Å². The molecule has 9 heteroatoms. The number of ether oxygens (including phenoxy) is 4. The van der Waals surface area contributed by atoms with Gasteiger partial charge in [-0.25, -0.2) is 0 Å². The molecule has 0 radical (unpaired) electrons. The van der Waals surface area contributed by atoms with Crippen LogP contribution in [0.3, 0.4) is 0 Å². The summed E-state index contributed by atoms with van der Waals surface area (Å²) < 4.78 is 22.1. The van der Waals surface area contributed by atoms with Crippen molar-refractivity contribution in [3.8, 4) is 23.0 Å². The van der Waals surface area contributed by atoms with E-state index in [1.807, 2.05) is 32.8 Å². The van der Waals surface area contributed by atoms with E-state index in [1.54, 1.807) is 36.4 Å². The molecule has 194 valence electrons. The van der Waals surface area contributed by atoms with Crippen molar-refractivity contribution in [2.24, 2.45) is 0 Å². The standard InChI is InChI=1S/C27H34N2O7/c1-16(2)36-19-10-8-17(9-11-19)24(30)22-23(29(13-12-28(3)4)27(32)25(22)31)18-14-20(33-5)26(35-7)21(15-18)34-6/h8-11,14-16,23,30H,12-13H2,1-7H3/b24-22-. The minimum Gasteiger partial charge on any atom is -0.507 e. The van der Waals surface area contributed by atoms with Crippen LogP contribution in [0.4, 0.5) is 0 Å². The van der Waals surface area contributed by atoms with Crippen molar-refractivity contribution >= 4 is 17.4 Å². The lowest BCUT2D eigenvalue weighted by Crippen LogP contribution is -2.35. The molecule has 36 heavy (non-hydrogen) atoms. The van der Waals surface area contributed by atoms with Crippen molar-refractivity contribution in [1.82, 2.24) is 9.80 Å². The van der Waals surface area contributed by atoms with Gasteiger partial charge >= 0.3 is 0 Å². The summed E-state index contributed by atoms with van der Waals surface area (Å²) in [4.78, 5) is 29.8. The molecule has 1 aliphatic heterocycles. The van der Waals surface area contributed by atoms with Crippen LogP contribution in [-0.4, -0.2) is 81.2 Å². The predicted molar refractivity (Wildman–Crippen MR) is 136 cm³/mol. The number of aliphatic hydroxyl groups is 1. The van der Waals surface area contributed by atoms with Crippen LogP contribution in [0.25, 0.3) is 5.76 Å². The molecule has 1 N–H and O–H groups in total. The van der Waals surface area contributed by atoms with E-state index in [0.29, 0.717) is 40.7 Å². The Bertz CT molecular complexity index is 1110. The summed E-state index contributed by atoms with van der Waals surface area (Å²) in [6.07, 6.45) is -0.00787. The normalized spacial score (nSPS) is 17.1. The molecule has 2 aromatic carbocycles. The van der Waals surface area contributed by atoms with Gasteiger partial charge in [-0.05, 0) is 69.9 Å². The lowest BCUT2D eigenvalue weighted by Gasteiger charge is -2.27. The first kappa shape index (κ1) is 26.9. The van der Waals surface area contributed by atoms with Gasteiger partial charge in [0.15, 0.2) is 11.5 Å². The molecule has 0 saturated carbocycles. The number of carbonyl (C=O) groups is 2. The second kappa shape index (κ2) is 11.3. The van der Waals surface area contributed by atoms with Crippen molar-refractivity contribution in [3.05, 3.63) is 53.1 Å². The summed E-state index contributed by atoms with van der Waals surface area (Å²) in [7, 11) is 8.24. The molecule has 3 rings (SSSR count). The Balaban J connectivity index is 2.19. The summed E-state index contributed by atoms with van der Waals surface area (Å²) in [5.41, 5.74) is 0.934. The number of ketones is 1. The molecule has 1 atom stereocenters. The van der Waals surface area contributed by atoms with Crippen LogP contribution in [0.15, 0.2) is 42.0 Å². The second-order valence-electron chi connectivity index (χ2n) is 8.95. The maximum atomic E-state index is 13.3. The number of hydrogen-bond acceptors (Lipinski definition) is 8. The zero-order valence-corrected chi connectivity index (χ0v) is 21.8. The van der Waals surface area contributed by atoms with Crippen molar-refractivity contribution < 1.29 is 33.6 Å². The highest BCUT2D eigenvalue weighted by molar-refractivity contribution is 6.46. The van der Waals surface area contributed by atoms with E-state index >= 15 is 0 Å². The Morgan fingerprint density at radius 1 is 1.00 bits per heavy atom. The molecule has 0 bridgehead atoms. The van der Waals surface area contributed by atoms with E-state index < -0.39 is 17.7 Å². The van der Waals surface area contributed by atoms with Crippen LogP contribution in [0.1, 0.15) is 31.0 Å². The fourth-order valence-corrected chi connectivity index (χ4v) is 4.14. The number of rotatable bonds is 10. The Morgan fingerprint density at radius 2 is 1.58 bits per heavy atom. The van der Waals surface area contributed by atoms with E-state index in [4.69, 9.17) is 18.9 Å². The minimum atomic E-state index is -0.856. The van der Waals surface area contributed by atoms with Gasteiger partial charge in [0.1, 0.15) is 11.5 Å². The summed E-state index contributed by atoms with van der Waals surface area (Å²) in [6, 6.07) is 9.27. The Kier molecular flexibility index (Phi) is 8.47. The first-order valence-corrected chi connectivity index (χ1v) is 11.6. The largest absolute Gasteiger partial charge is 0.507 e. The van der Waals surface area contributed by atoms with Gasteiger partial charge in [-0.1, -0.05) is 0 Å². The summed E-state index contributed by atoms with van der Waals surface area (Å²) in [5.74, 6) is 0.0596. The number of likely N-dealkylation sites (tertiary alicyclic amines) is 1. The van der Waals surface area contributed by atoms with Gasteiger partial charge in [0.25, 0.3) is 11.7 Å². The quantitative estimate of drug-likeness (QED) is 0.302. The van der Waals surface area contributed by atoms with Gasteiger partial charge in [0, 0.05) is 18.7 Å². The van der Waals surface area contributed by atoms with Crippen LogP contribution < -0.4 is 18.9 Å². The van der Waals surface area contributed by atoms with Crippen molar-refractivity contribution in [2.75, 3.05) is 48.5 Å². The van der Waals surface area contributed by atoms with Gasteiger partial charge in [0.05, 0.1) is 39.0 Å². The van der Waals surface area contributed by atoms with Crippen LogP contribution in [-0.2, 0) is 9.59 Å². The van der Waals surface area contributed by atoms with E-state index in [2.05, 4.69) is 0 Å². The van der Waals surface area contributed by atoms with Crippen LogP contribution >= 0.6 is 0 Å². The van der Waals surface area contributed by atoms with E-state index in [1.165, 1.54) is 26.2 Å². The molecular formula is C27H34N2O7. The van der Waals surface area contributed by atoms with Gasteiger partial charge in [-0.15, -0.1) is 0 Å². The molecule has 1 unspecified atom stereocenters.